The van der Waals surface area contributed by atoms with E-state index in [9.17, 15) is 9.59 Å². The molecule has 0 spiro atoms. The smallest absolute Gasteiger partial charge is 0.325 e. The van der Waals surface area contributed by atoms with Crippen LogP contribution >= 0.6 is 0 Å². The van der Waals surface area contributed by atoms with Gasteiger partial charge in [0.25, 0.3) is 0 Å². The third-order valence-corrected chi connectivity index (χ3v) is 4.51. The Labute approximate surface area is 107 Å². The largest absolute Gasteiger partial charge is 0.480 e. The van der Waals surface area contributed by atoms with Crippen molar-refractivity contribution in [2.45, 2.75) is 51.6 Å². The van der Waals surface area contributed by atoms with Gasteiger partial charge in [-0.25, -0.2) is 4.79 Å². The highest BCUT2D eigenvalue weighted by Crippen LogP contribution is 2.49. The molecule has 2 amide bonds. The van der Waals surface area contributed by atoms with E-state index in [1.54, 1.807) is 0 Å². The Morgan fingerprint density at radius 3 is 2.39 bits per heavy atom. The average molecular weight is 254 g/mol. The second kappa shape index (κ2) is 5.16. The van der Waals surface area contributed by atoms with Gasteiger partial charge in [0.05, 0.1) is 0 Å². The Morgan fingerprint density at radius 2 is 1.89 bits per heavy atom. The molecule has 102 valence electrons. The van der Waals surface area contributed by atoms with Gasteiger partial charge < -0.3 is 15.7 Å². The molecule has 0 aromatic heterocycles. The maximum atomic E-state index is 11.6. The van der Waals surface area contributed by atoms with E-state index in [0.717, 1.165) is 11.8 Å². The summed E-state index contributed by atoms with van der Waals surface area (Å²) in [5, 5.41) is 14.0. The average Bonchev–Trinajstić information content (AvgIpc) is 2.89. The maximum Gasteiger partial charge on any atom is 0.325 e. The fourth-order valence-corrected chi connectivity index (χ4v) is 3.52. The predicted molar refractivity (Wildman–Crippen MR) is 67.2 cm³/mol. The molecule has 2 aliphatic rings. The van der Waals surface area contributed by atoms with Gasteiger partial charge in [-0.2, -0.15) is 0 Å². The van der Waals surface area contributed by atoms with Crippen molar-refractivity contribution >= 4 is 12.0 Å². The number of rotatable bonds is 4. The lowest BCUT2D eigenvalue weighted by molar-refractivity contribution is -0.138. The Morgan fingerprint density at radius 1 is 1.17 bits per heavy atom. The van der Waals surface area contributed by atoms with Gasteiger partial charge in [-0.15, -0.1) is 0 Å². The van der Waals surface area contributed by atoms with E-state index in [4.69, 9.17) is 5.11 Å². The van der Waals surface area contributed by atoms with Crippen molar-refractivity contribution in [1.29, 1.82) is 0 Å². The number of carbonyl (C=O) groups is 2. The molecular weight excluding hydrogens is 232 g/mol. The number of aliphatic carboxylic acids is 1. The number of carboxylic acid groups (broad SMARTS) is 1. The van der Waals surface area contributed by atoms with E-state index in [2.05, 4.69) is 10.6 Å². The van der Waals surface area contributed by atoms with Crippen LogP contribution in [0.4, 0.5) is 4.79 Å². The summed E-state index contributed by atoms with van der Waals surface area (Å²) in [4.78, 5) is 22.3. The molecule has 4 unspecified atom stereocenters. The van der Waals surface area contributed by atoms with E-state index in [-0.39, 0.29) is 12.1 Å². The summed E-state index contributed by atoms with van der Waals surface area (Å²) in [6.07, 6.45) is 5.15. The maximum absolute atomic E-state index is 11.6. The van der Waals surface area contributed by atoms with Crippen LogP contribution in [0.5, 0.6) is 0 Å². The van der Waals surface area contributed by atoms with Crippen LogP contribution in [0.15, 0.2) is 0 Å². The van der Waals surface area contributed by atoms with Gasteiger partial charge >= 0.3 is 12.0 Å². The van der Waals surface area contributed by atoms with Crippen molar-refractivity contribution in [2.24, 2.45) is 17.8 Å². The zero-order valence-electron chi connectivity index (χ0n) is 11.0. The van der Waals surface area contributed by atoms with Crippen LogP contribution in [-0.4, -0.2) is 29.2 Å². The number of urea groups is 1. The van der Waals surface area contributed by atoms with E-state index in [0.29, 0.717) is 5.92 Å². The molecule has 5 nitrogen and oxygen atoms in total. The first-order valence-electron chi connectivity index (χ1n) is 6.77. The van der Waals surface area contributed by atoms with Gasteiger partial charge in [0, 0.05) is 6.04 Å². The molecule has 2 aliphatic carbocycles. The van der Waals surface area contributed by atoms with Crippen LogP contribution in [0.25, 0.3) is 0 Å². The highest BCUT2D eigenvalue weighted by molar-refractivity contribution is 5.82. The first-order valence-corrected chi connectivity index (χ1v) is 6.77. The second-order valence-electron chi connectivity index (χ2n) is 5.81. The molecule has 2 saturated carbocycles. The molecule has 0 radical (unpaired) electrons. The fraction of sp³-hybridized carbons (Fsp3) is 0.846. The zero-order valence-corrected chi connectivity index (χ0v) is 11.0. The number of nitrogens with one attached hydrogen (secondary N) is 2. The summed E-state index contributed by atoms with van der Waals surface area (Å²) in [5.74, 6) is 1.15. The van der Waals surface area contributed by atoms with E-state index in [1.807, 2.05) is 6.92 Å². The molecule has 3 N–H and O–H groups in total. The van der Waals surface area contributed by atoms with E-state index < -0.39 is 12.0 Å². The summed E-state index contributed by atoms with van der Waals surface area (Å²) in [6.45, 7) is 3.49. The van der Waals surface area contributed by atoms with Crippen molar-refractivity contribution in [3.63, 3.8) is 0 Å². The SMILES string of the molecule is CC(NC(=O)N[C@@H](C)C(=O)O)C1CC2CCC1C2. The molecular formula is C13H22N2O3. The summed E-state index contributed by atoms with van der Waals surface area (Å²) in [7, 11) is 0. The van der Waals surface area contributed by atoms with Gasteiger partial charge in [-0.3, -0.25) is 4.79 Å². The monoisotopic (exact) mass is 254 g/mol. The standard InChI is InChI=1S/C13H22N2O3/c1-7(11-6-9-3-4-10(11)5-9)14-13(18)15-8(2)12(16)17/h7-11H,3-6H2,1-2H3,(H,16,17)(H2,14,15,18)/t7?,8-,9?,10?,11?/m0/s1. The van der Waals surface area contributed by atoms with E-state index >= 15 is 0 Å². The van der Waals surface area contributed by atoms with Crippen molar-refractivity contribution in [1.82, 2.24) is 10.6 Å². The molecule has 5 atom stereocenters. The van der Waals surface area contributed by atoms with Gasteiger partial charge in [0.2, 0.25) is 0 Å². The second-order valence-corrected chi connectivity index (χ2v) is 5.81. The van der Waals surface area contributed by atoms with Crippen LogP contribution < -0.4 is 10.6 Å². The number of carboxylic acids is 1. The van der Waals surface area contributed by atoms with Crippen LogP contribution in [0.1, 0.15) is 39.5 Å². The Bertz CT molecular complexity index is 345. The van der Waals surface area contributed by atoms with Crippen LogP contribution in [0, 0.1) is 17.8 Å². The lowest BCUT2D eigenvalue weighted by Gasteiger charge is -2.28. The third-order valence-electron chi connectivity index (χ3n) is 4.51. The third kappa shape index (κ3) is 2.76. The van der Waals surface area contributed by atoms with E-state index in [1.165, 1.54) is 32.6 Å². The van der Waals surface area contributed by atoms with Gasteiger partial charge in [-0.05, 0) is 50.9 Å². The first-order chi connectivity index (χ1) is 8.47. The van der Waals surface area contributed by atoms with Crippen molar-refractivity contribution in [3.8, 4) is 0 Å². The molecule has 0 saturated heterocycles. The lowest BCUT2D eigenvalue weighted by atomic mass is 9.84. The molecule has 0 heterocycles. The molecule has 0 aromatic carbocycles. The van der Waals surface area contributed by atoms with Crippen LogP contribution in [-0.2, 0) is 4.79 Å². The molecule has 0 aliphatic heterocycles. The molecule has 2 bridgehead atoms. The Balaban J connectivity index is 1.79. The number of carbonyl (C=O) groups excluding carboxylic acids is 1. The first kappa shape index (κ1) is 13.2. The Kier molecular flexibility index (Phi) is 3.78. The fourth-order valence-electron chi connectivity index (χ4n) is 3.52. The number of fused-ring (bicyclic) bond motifs is 2. The molecule has 0 aromatic rings. The van der Waals surface area contributed by atoms with Crippen molar-refractivity contribution in [2.75, 3.05) is 0 Å². The number of amides is 2. The van der Waals surface area contributed by atoms with Gasteiger partial charge in [0.15, 0.2) is 0 Å². The molecule has 2 rings (SSSR count). The minimum atomic E-state index is -1.02. The van der Waals surface area contributed by atoms with Crippen molar-refractivity contribution in [3.05, 3.63) is 0 Å². The zero-order chi connectivity index (χ0) is 13.3. The molecule has 2 fully saturated rings. The summed E-state index contributed by atoms with van der Waals surface area (Å²) in [5.41, 5.74) is 0. The number of hydrogen-bond donors (Lipinski definition) is 3. The Hall–Kier alpha value is -1.26. The quantitative estimate of drug-likeness (QED) is 0.712. The molecule has 5 heteroatoms. The van der Waals surface area contributed by atoms with Crippen molar-refractivity contribution < 1.29 is 14.7 Å². The minimum Gasteiger partial charge on any atom is -0.480 e. The summed E-state index contributed by atoms with van der Waals surface area (Å²) >= 11 is 0. The van der Waals surface area contributed by atoms with Gasteiger partial charge in [0.1, 0.15) is 6.04 Å². The number of hydrogen-bond acceptors (Lipinski definition) is 2. The normalized spacial score (nSPS) is 32.9. The van der Waals surface area contributed by atoms with Crippen LogP contribution in [0.3, 0.4) is 0 Å². The van der Waals surface area contributed by atoms with Gasteiger partial charge in [-0.1, -0.05) is 6.42 Å². The summed E-state index contributed by atoms with van der Waals surface area (Å²) in [6, 6.07) is -1.10. The highest BCUT2D eigenvalue weighted by Gasteiger charge is 2.42. The minimum absolute atomic E-state index is 0.126. The highest BCUT2D eigenvalue weighted by atomic mass is 16.4. The summed E-state index contributed by atoms with van der Waals surface area (Å²) < 4.78 is 0. The predicted octanol–water partition coefficient (Wildman–Crippen LogP) is 1.58. The lowest BCUT2D eigenvalue weighted by Crippen LogP contribution is -2.49. The van der Waals surface area contributed by atoms with Crippen LogP contribution in [0.2, 0.25) is 0 Å². The molecule has 18 heavy (non-hydrogen) atoms. The topological polar surface area (TPSA) is 78.4 Å².